The van der Waals surface area contributed by atoms with Crippen LogP contribution < -0.4 is 9.46 Å². The summed E-state index contributed by atoms with van der Waals surface area (Å²) in [7, 11) is -1.98. The lowest BCUT2D eigenvalue weighted by Crippen LogP contribution is -2.51. The van der Waals surface area contributed by atoms with E-state index >= 15 is 0 Å². The molecule has 0 amide bonds. The van der Waals surface area contributed by atoms with Gasteiger partial charge in [0.25, 0.3) is 0 Å². The quantitative estimate of drug-likeness (QED) is 0.804. The molecule has 1 aliphatic rings. The van der Waals surface area contributed by atoms with Crippen LogP contribution in [-0.4, -0.2) is 59.3 Å². The van der Waals surface area contributed by atoms with Crippen molar-refractivity contribution in [3.8, 4) is 5.75 Å². The number of ether oxygens (including phenoxy) is 2. The fourth-order valence-corrected chi connectivity index (χ4v) is 4.29. The first-order valence-electron chi connectivity index (χ1n) is 8.31. The molecule has 136 valence electrons. The maximum absolute atomic E-state index is 12.7. The topological polar surface area (TPSA) is 67.9 Å². The second-order valence-corrected chi connectivity index (χ2v) is 8.18. The molecule has 7 heteroatoms. The largest absolute Gasteiger partial charge is 0.497 e. The Kier molecular flexibility index (Phi) is 6.62. The molecule has 0 bridgehead atoms. The van der Waals surface area contributed by atoms with Gasteiger partial charge in [-0.3, -0.25) is 4.90 Å². The number of methoxy groups -OCH3 is 1. The standard InChI is InChI=1S/C17H28N2O4S/c1-13(2)16(19-7-9-23-10-8-19)12-18-24(20,21)17-6-5-15(22-4)11-14(17)3/h5-6,11,13,16,18H,7-10,12H2,1-4H3. The molecule has 0 spiro atoms. The minimum atomic E-state index is -3.55. The van der Waals surface area contributed by atoms with Crippen LogP contribution in [-0.2, 0) is 14.8 Å². The second-order valence-electron chi connectivity index (χ2n) is 6.44. The number of hydrogen-bond acceptors (Lipinski definition) is 5. The molecular formula is C17H28N2O4S. The van der Waals surface area contributed by atoms with E-state index in [2.05, 4.69) is 23.5 Å². The minimum absolute atomic E-state index is 0.155. The van der Waals surface area contributed by atoms with Crippen LogP contribution in [0.2, 0.25) is 0 Å². The van der Waals surface area contributed by atoms with Crippen molar-refractivity contribution in [2.24, 2.45) is 5.92 Å². The van der Waals surface area contributed by atoms with Gasteiger partial charge in [0.1, 0.15) is 5.75 Å². The fourth-order valence-electron chi connectivity index (χ4n) is 3.02. The minimum Gasteiger partial charge on any atom is -0.497 e. The van der Waals surface area contributed by atoms with Gasteiger partial charge in [-0.05, 0) is 36.6 Å². The fraction of sp³-hybridized carbons (Fsp3) is 0.647. The Bertz CT molecular complexity index is 640. The molecule has 1 heterocycles. The normalized spacial score (nSPS) is 17.9. The van der Waals surface area contributed by atoms with Gasteiger partial charge in [0.15, 0.2) is 0 Å². The first-order valence-corrected chi connectivity index (χ1v) is 9.79. The zero-order valence-corrected chi connectivity index (χ0v) is 15.7. The Labute approximate surface area is 145 Å². The van der Waals surface area contributed by atoms with Crippen molar-refractivity contribution in [3.05, 3.63) is 23.8 Å². The van der Waals surface area contributed by atoms with Gasteiger partial charge >= 0.3 is 0 Å². The van der Waals surface area contributed by atoms with Gasteiger partial charge in [0, 0.05) is 25.7 Å². The molecule has 0 aromatic heterocycles. The van der Waals surface area contributed by atoms with E-state index in [-0.39, 0.29) is 6.04 Å². The summed E-state index contributed by atoms with van der Waals surface area (Å²) in [6.45, 7) is 9.49. The lowest BCUT2D eigenvalue weighted by molar-refractivity contribution is 0.00776. The van der Waals surface area contributed by atoms with E-state index in [4.69, 9.17) is 9.47 Å². The molecule has 1 aromatic rings. The molecule has 1 unspecified atom stereocenters. The Hall–Kier alpha value is -1.15. The molecular weight excluding hydrogens is 328 g/mol. The third kappa shape index (κ3) is 4.69. The Morgan fingerprint density at radius 2 is 1.96 bits per heavy atom. The van der Waals surface area contributed by atoms with Crippen LogP contribution in [0.1, 0.15) is 19.4 Å². The van der Waals surface area contributed by atoms with E-state index in [1.807, 2.05) is 0 Å². The summed E-state index contributed by atoms with van der Waals surface area (Å²) < 4.78 is 38.6. The number of nitrogens with one attached hydrogen (secondary N) is 1. The number of nitrogens with zero attached hydrogens (tertiary/aromatic N) is 1. The van der Waals surface area contributed by atoms with Gasteiger partial charge in [-0.15, -0.1) is 0 Å². The molecule has 1 atom stereocenters. The van der Waals surface area contributed by atoms with Crippen molar-refractivity contribution in [3.63, 3.8) is 0 Å². The predicted octanol–water partition coefficient (Wildman–Crippen LogP) is 1.64. The Morgan fingerprint density at radius 3 is 2.50 bits per heavy atom. The first kappa shape index (κ1) is 19.2. The maximum Gasteiger partial charge on any atom is 0.240 e. The zero-order chi connectivity index (χ0) is 17.7. The summed E-state index contributed by atoms with van der Waals surface area (Å²) >= 11 is 0. The van der Waals surface area contributed by atoms with Crippen LogP contribution in [0.25, 0.3) is 0 Å². The summed E-state index contributed by atoms with van der Waals surface area (Å²) in [5.74, 6) is 1.00. The zero-order valence-electron chi connectivity index (χ0n) is 14.9. The van der Waals surface area contributed by atoms with Crippen LogP contribution in [0.15, 0.2) is 23.1 Å². The number of hydrogen-bond donors (Lipinski definition) is 1. The van der Waals surface area contributed by atoms with Crippen LogP contribution >= 0.6 is 0 Å². The van der Waals surface area contributed by atoms with E-state index in [1.54, 1.807) is 32.2 Å². The van der Waals surface area contributed by atoms with E-state index in [0.29, 0.717) is 41.9 Å². The molecule has 6 nitrogen and oxygen atoms in total. The third-order valence-electron chi connectivity index (χ3n) is 4.44. The van der Waals surface area contributed by atoms with Crippen LogP contribution in [0.3, 0.4) is 0 Å². The van der Waals surface area contributed by atoms with E-state index in [9.17, 15) is 8.42 Å². The number of sulfonamides is 1. The number of rotatable bonds is 7. The lowest BCUT2D eigenvalue weighted by Gasteiger charge is -2.36. The monoisotopic (exact) mass is 356 g/mol. The average molecular weight is 356 g/mol. The summed E-state index contributed by atoms with van der Waals surface area (Å²) in [5, 5.41) is 0. The maximum atomic E-state index is 12.7. The summed E-state index contributed by atoms with van der Waals surface area (Å²) in [6.07, 6.45) is 0. The van der Waals surface area contributed by atoms with Crippen molar-refractivity contribution in [1.29, 1.82) is 0 Å². The van der Waals surface area contributed by atoms with Gasteiger partial charge < -0.3 is 9.47 Å². The van der Waals surface area contributed by atoms with Gasteiger partial charge in [-0.2, -0.15) is 0 Å². The molecule has 1 fully saturated rings. The lowest BCUT2D eigenvalue weighted by atomic mass is 10.0. The van der Waals surface area contributed by atoms with E-state index in [0.717, 1.165) is 13.1 Å². The Balaban J connectivity index is 2.10. The van der Waals surface area contributed by atoms with Crippen molar-refractivity contribution >= 4 is 10.0 Å². The highest BCUT2D eigenvalue weighted by Crippen LogP contribution is 2.21. The van der Waals surface area contributed by atoms with Crippen LogP contribution in [0, 0.1) is 12.8 Å². The van der Waals surface area contributed by atoms with Gasteiger partial charge in [0.2, 0.25) is 10.0 Å². The molecule has 0 saturated carbocycles. The first-order chi connectivity index (χ1) is 11.3. The van der Waals surface area contributed by atoms with Gasteiger partial charge in [-0.25, -0.2) is 13.1 Å². The smallest absolute Gasteiger partial charge is 0.240 e. The number of aryl methyl sites for hydroxylation is 1. The van der Waals surface area contributed by atoms with Crippen molar-refractivity contribution in [2.75, 3.05) is 40.0 Å². The molecule has 0 aliphatic carbocycles. The summed E-state index contributed by atoms with van der Waals surface area (Å²) in [4.78, 5) is 2.60. The summed E-state index contributed by atoms with van der Waals surface area (Å²) in [5.41, 5.74) is 0.675. The van der Waals surface area contributed by atoms with E-state index in [1.165, 1.54) is 0 Å². The summed E-state index contributed by atoms with van der Waals surface area (Å²) in [6, 6.07) is 5.15. The molecule has 1 saturated heterocycles. The highest BCUT2D eigenvalue weighted by Gasteiger charge is 2.26. The van der Waals surface area contributed by atoms with Gasteiger partial charge in [-0.1, -0.05) is 13.8 Å². The Morgan fingerprint density at radius 1 is 1.29 bits per heavy atom. The molecule has 0 radical (unpaired) electrons. The number of benzene rings is 1. The molecule has 1 N–H and O–H groups in total. The van der Waals surface area contributed by atoms with Crippen LogP contribution in [0.4, 0.5) is 0 Å². The van der Waals surface area contributed by atoms with Crippen molar-refractivity contribution in [1.82, 2.24) is 9.62 Å². The predicted molar refractivity (Wildman–Crippen MR) is 93.9 cm³/mol. The van der Waals surface area contributed by atoms with E-state index < -0.39 is 10.0 Å². The average Bonchev–Trinajstić information content (AvgIpc) is 2.55. The van der Waals surface area contributed by atoms with Crippen LogP contribution in [0.5, 0.6) is 5.75 Å². The van der Waals surface area contributed by atoms with Crippen molar-refractivity contribution < 1.29 is 17.9 Å². The third-order valence-corrected chi connectivity index (χ3v) is 6.02. The number of morpholine rings is 1. The molecule has 2 rings (SSSR count). The molecule has 1 aromatic carbocycles. The highest BCUT2D eigenvalue weighted by molar-refractivity contribution is 7.89. The highest BCUT2D eigenvalue weighted by atomic mass is 32.2. The molecule has 1 aliphatic heterocycles. The SMILES string of the molecule is COc1ccc(S(=O)(=O)NCC(C(C)C)N2CCOCC2)c(C)c1. The van der Waals surface area contributed by atoms with Crippen molar-refractivity contribution in [2.45, 2.75) is 31.7 Å². The second kappa shape index (κ2) is 8.29. The van der Waals surface area contributed by atoms with Gasteiger partial charge in [0.05, 0.1) is 25.2 Å². The molecule has 24 heavy (non-hydrogen) atoms.